The van der Waals surface area contributed by atoms with Gasteiger partial charge in [-0.15, -0.1) is 0 Å². The molecule has 3 heteroatoms. The molecule has 2 N–H and O–H groups in total. The standard InChI is InChI=1S/C10H25N2O/c1-10(6-9-13)11-7-5-8-12(2,3)4/h10-11,13H,5-9H2,1-4H3/q+1. The lowest BCUT2D eigenvalue weighted by Gasteiger charge is -2.24. The van der Waals surface area contributed by atoms with Crippen LogP contribution in [-0.2, 0) is 0 Å². The molecule has 0 aromatic rings. The molecular formula is C10H25N2O+. The van der Waals surface area contributed by atoms with Crippen molar-refractivity contribution in [2.45, 2.75) is 25.8 Å². The maximum Gasteiger partial charge on any atom is 0.0792 e. The van der Waals surface area contributed by atoms with Crippen LogP contribution >= 0.6 is 0 Å². The molecule has 1 atom stereocenters. The van der Waals surface area contributed by atoms with Crippen LogP contribution in [0.2, 0.25) is 0 Å². The molecule has 0 saturated heterocycles. The van der Waals surface area contributed by atoms with Crippen molar-refractivity contribution < 1.29 is 9.59 Å². The highest BCUT2D eigenvalue weighted by Gasteiger charge is 2.06. The zero-order valence-corrected chi connectivity index (χ0v) is 9.51. The van der Waals surface area contributed by atoms with E-state index in [1.807, 2.05) is 0 Å². The average molecular weight is 189 g/mol. The van der Waals surface area contributed by atoms with Gasteiger partial charge in [0.1, 0.15) is 0 Å². The summed E-state index contributed by atoms with van der Waals surface area (Å²) in [6.45, 7) is 4.64. The first kappa shape index (κ1) is 12.9. The lowest BCUT2D eigenvalue weighted by molar-refractivity contribution is -0.870. The van der Waals surface area contributed by atoms with Crippen LogP contribution in [0.3, 0.4) is 0 Å². The van der Waals surface area contributed by atoms with Crippen LogP contribution in [-0.4, -0.2) is 56.5 Å². The summed E-state index contributed by atoms with van der Waals surface area (Å²) >= 11 is 0. The molecule has 0 amide bonds. The summed E-state index contributed by atoms with van der Waals surface area (Å²) in [5.74, 6) is 0. The number of aliphatic hydroxyl groups is 1. The molecule has 3 nitrogen and oxygen atoms in total. The van der Waals surface area contributed by atoms with E-state index in [1.165, 1.54) is 13.0 Å². The third-order valence-electron chi connectivity index (χ3n) is 2.06. The van der Waals surface area contributed by atoms with Gasteiger partial charge in [0, 0.05) is 25.6 Å². The fourth-order valence-electron chi connectivity index (χ4n) is 1.20. The van der Waals surface area contributed by atoms with E-state index in [0.717, 1.165) is 17.4 Å². The van der Waals surface area contributed by atoms with Gasteiger partial charge >= 0.3 is 0 Å². The largest absolute Gasteiger partial charge is 0.396 e. The first-order chi connectivity index (χ1) is 5.95. The van der Waals surface area contributed by atoms with Gasteiger partial charge < -0.3 is 14.9 Å². The van der Waals surface area contributed by atoms with Crippen molar-refractivity contribution in [3.05, 3.63) is 0 Å². The molecule has 0 heterocycles. The van der Waals surface area contributed by atoms with Crippen molar-refractivity contribution >= 4 is 0 Å². The summed E-state index contributed by atoms with van der Waals surface area (Å²) in [4.78, 5) is 0. The van der Waals surface area contributed by atoms with Gasteiger partial charge in [-0.1, -0.05) is 0 Å². The minimum atomic E-state index is 0.281. The number of hydrogen-bond donors (Lipinski definition) is 2. The molecule has 0 radical (unpaired) electrons. The van der Waals surface area contributed by atoms with Crippen LogP contribution in [0.25, 0.3) is 0 Å². The second-order valence-electron chi connectivity index (χ2n) is 4.73. The summed E-state index contributed by atoms with van der Waals surface area (Å²) in [6.07, 6.45) is 2.05. The average Bonchev–Trinajstić information content (AvgIpc) is 1.97. The van der Waals surface area contributed by atoms with Crippen LogP contribution in [0, 0.1) is 0 Å². The van der Waals surface area contributed by atoms with Crippen LogP contribution in [0.15, 0.2) is 0 Å². The van der Waals surface area contributed by atoms with Crippen molar-refractivity contribution in [1.82, 2.24) is 5.32 Å². The minimum Gasteiger partial charge on any atom is -0.396 e. The van der Waals surface area contributed by atoms with Crippen LogP contribution in [0.4, 0.5) is 0 Å². The molecule has 0 spiro atoms. The van der Waals surface area contributed by atoms with E-state index in [-0.39, 0.29) is 6.61 Å². The van der Waals surface area contributed by atoms with E-state index >= 15 is 0 Å². The highest BCUT2D eigenvalue weighted by molar-refractivity contribution is 4.58. The van der Waals surface area contributed by atoms with Gasteiger partial charge in [0.15, 0.2) is 0 Å². The zero-order chi connectivity index (χ0) is 10.3. The Morgan fingerprint density at radius 1 is 1.31 bits per heavy atom. The van der Waals surface area contributed by atoms with E-state index < -0.39 is 0 Å². The lowest BCUT2D eigenvalue weighted by atomic mass is 10.2. The fraction of sp³-hybridized carbons (Fsp3) is 1.00. The second kappa shape index (κ2) is 6.35. The fourth-order valence-corrected chi connectivity index (χ4v) is 1.20. The van der Waals surface area contributed by atoms with Gasteiger partial charge in [-0.2, -0.15) is 0 Å². The number of rotatable bonds is 7. The molecule has 1 unspecified atom stereocenters. The molecule has 0 aromatic carbocycles. The van der Waals surface area contributed by atoms with Gasteiger partial charge in [-0.3, -0.25) is 0 Å². The Morgan fingerprint density at radius 2 is 1.92 bits per heavy atom. The van der Waals surface area contributed by atoms with Gasteiger partial charge in [-0.05, 0) is 13.3 Å². The number of hydrogen-bond acceptors (Lipinski definition) is 2. The first-order valence-electron chi connectivity index (χ1n) is 5.10. The summed E-state index contributed by atoms with van der Waals surface area (Å²) in [5, 5.41) is 12.1. The van der Waals surface area contributed by atoms with Gasteiger partial charge in [-0.25, -0.2) is 0 Å². The van der Waals surface area contributed by atoms with Gasteiger partial charge in [0.25, 0.3) is 0 Å². The van der Waals surface area contributed by atoms with Crippen molar-refractivity contribution in [1.29, 1.82) is 0 Å². The predicted molar refractivity (Wildman–Crippen MR) is 56.7 cm³/mol. The lowest BCUT2D eigenvalue weighted by Crippen LogP contribution is -2.37. The molecule has 0 rings (SSSR count). The molecule has 0 fully saturated rings. The number of nitrogens with zero attached hydrogens (tertiary/aromatic N) is 1. The molecule has 13 heavy (non-hydrogen) atoms. The predicted octanol–water partition coefficient (Wildman–Crippen LogP) is 0.443. The highest BCUT2D eigenvalue weighted by Crippen LogP contribution is 1.94. The molecule has 80 valence electrons. The summed E-state index contributed by atoms with van der Waals surface area (Å²) in [5.41, 5.74) is 0. The summed E-state index contributed by atoms with van der Waals surface area (Å²) in [7, 11) is 6.62. The molecule has 0 bridgehead atoms. The normalized spacial score (nSPS) is 14.5. The maximum absolute atomic E-state index is 8.68. The van der Waals surface area contributed by atoms with E-state index in [2.05, 4.69) is 33.4 Å². The Morgan fingerprint density at radius 3 is 2.38 bits per heavy atom. The van der Waals surface area contributed by atoms with Crippen LogP contribution in [0.5, 0.6) is 0 Å². The molecular weight excluding hydrogens is 164 g/mol. The smallest absolute Gasteiger partial charge is 0.0792 e. The van der Waals surface area contributed by atoms with Crippen LogP contribution in [0.1, 0.15) is 19.8 Å². The Kier molecular flexibility index (Phi) is 6.29. The Balaban J connectivity index is 3.25. The van der Waals surface area contributed by atoms with Crippen LogP contribution < -0.4 is 5.32 Å². The topological polar surface area (TPSA) is 32.3 Å². The second-order valence-corrected chi connectivity index (χ2v) is 4.73. The quantitative estimate of drug-likeness (QED) is 0.450. The van der Waals surface area contributed by atoms with E-state index in [9.17, 15) is 0 Å². The minimum absolute atomic E-state index is 0.281. The van der Waals surface area contributed by atoms with E-state index in [0.29, 0.717) is 6.04 Å². The Hall–Kier alpha value is -0.120. The van der Waals surface area contributed by atoms with Crippen molar-refractivity contribution in [2.75, 3.05) is 40.8 Å². The molecule has 0 aliphatic carbocycles. The van der Waals surface area contributed by atoms with Crippen molar-refractivity contribution in [3.8, 4) is 0 Å². The maximum atomic E-state index is 8.68. The number of quaternary nitrogens is 1. The SMILES string of the molecule is CC(CCO)NCCC[N+](C)(C)C. The highest BCUT2D eigenvalue weighted by atomic mass is 16.3. The third kappa shape index (κ3) is 9.80. The molecule has 0 saturated carbocycles. The molecule has 0 aliphatic heterocycles. The van der Waals surface area contributed by atoms with Crippen molar-refractivity contribution in [3.63, 3.8) is 0 Å². The Bertz CT molecular complexity index is 121. The van der Waals surface area contributed by atoms with Gasteiger partial charge in [0.05, 0.1) is 27.7 Å². The Labute approximate surface area is 82.3 Å². The summed E-state index contributed by atoms with van der Waals surface area (Å²) in [6, 6.07) is 0.442. The van der Waals surface area contributed by atoms with E-state index in [4.69, 9.17) is 5.11 Å². The number of aliphatic hydroxyl groups excluding tert-OH is 1. The third-order valence-corrected chi connectivity index (χ3v) is 2.06. The van der Waals surface area contributed by atoms with E-state index in [1.54, 1.807) is 0 Å². The van der Waals surface area contributed by atoms with Crippen molar-refractivity contribution in [2.24, 2.45) is 0 Å². The molecule has 0 aromatic heterocycles. The van der Waals surface area contributed by atoms with Gasteiger partial charge in [0.2, 0.25) is 0 Å². The first-order valence-corrected chi connectivity index (χ1v) is 5.10. The number of nitrogens with one attached hydrogen (secondary N) is 1. The zero-order valence-electron chi connectivity index (χ0n) is 9.51. The summed E-state index contributed by atoms with van der Waals surface area (Å²) < 4.78 is 1.02. The molecule has 0 aliphatic rings. The monoisotopic (exact) mass is 189 g/mol.